The third kappa shape index (κ3) is 6.07. The van der Waals surface area contributed by atoms with Crippen LogP contribution in [0.25, 0.3) is 11.0 Å². The molecule has 2 heterocycles. The molecule has 2 aromatic rings. The molecular formula is C24H32Cl2N4O3. The van der Waals surface area contributed by atoms with Crippen LogP contribution in [0.3, 0.4) is 0 Å². The minimum absolute atomic E-state index is 0.0685. The zero-order chi connectivity index (χ0) is 24.0. The van der Waals surface area contributed by atoms with Gasteiger partial charge in [-0.2, -0.15) is 0 Å². The summed E-state index contributed by atoms with van der Waals surface area (Å²) < 4.78 is 5.24. The van der Waals surface area contributed by atoms with E-state index in [0.29, 0.717) is 53.1 Å². The highest BCUT2D eigenvalue weighted by atomic mass is 35.5. The molecule has 9 heteroatoms. The van der Waals surface area contributed by atoms with Gasteiger partial charge in [-0.3, -0.25) is 4.79 Å². The fourth-order valence-electron chi connectivity index (χ4n) is 4.16. The van der Waals surface area contributed by atoms with Gasteiger partial charge in [-0.15, -0.1) is 0 Å². The number of anilines is 1. The number of amides is 1. The first kappa shape index (κ1) is 25.5. The van der Waals surface area contributed by atoms with Gasteiger partial charge in [0.15, 0.2) is 11.5 Å². The number of nitrogens with zero attached hydrogens (tertiary/aromatic N) is 4. The van der Waals surface area contributed by atoms with E-state index in [9.17, 15) is 9.59 Å². The molecule has 0 saturated carbocycles. The Labute approximate surface area is 205 Å². The number of ether oxygens (including phenoxy) is 1. The monoisotopic (exact) mass is 494 g/mol. The van der Waals surface area contributed by atoms with Gasteiger partial charge < -0.3 is 14.5 Å². The molecule has 0 unspecified atom stereocenters. The summed E-state index contributed by atoms with van der Waals surface area (Å²) in [7, 11) is 0. The number of hydrogen-bond donors (Lipinski definition) is 0. The number of aromatic nitrogens is 2. The fourth-order valence-corrected chi connectivity index (χ4v) is 4.48. The number of hydrogen-bond acceptors (Lipinski definition) is 6. The van der Waals surface area contributed by atoms with Crippen LogP contribution < -0.4 is 4.90 Å². The van der Waals surface area contributed by atoms with Crippen molar-refractivity contribution in [2.45, 2.75) is 52.9 Å². The van der Waals surface area contributed by atoms with Gasteiger partial charge in [-0.1, -0.05) is 49.9 Å². The van der Waals surface area contributed by atoms with Gasteiger partial charge in [-0.05, 0) is 38.3 Å². The van der Waals surface area contributed by atoms with Crippen molar-refractivity contribution in [3.8, 4) is 0 Å². The molecule has 1 aliphatic rings. The van der Waals surface area contributed by atoms with Gasteiger partial charge in [0.1, 0.15) is 0 Å². The van der Waals surface area contributed by atoms with E-state index in [1.54, 1.807) is 19.1 Å². The average molecular weight is 495 g/mol. The van der Waals surface area contributed by atoms with Gasteiger partial charge in [-0.25, -0.2) is 14.8 Å². The molecule has 1 aromatic carbocycles. The molecule has 180 valence electrons. The molecule has 1 amide bonds. The molecule has 0 radical (unpaired) electrons. The molecule has 1 fully saturated rings. The molecule has 0 aliphatic carbocycles. The van der Waals surface area contributed by atoms with E-state index in [-0.39, 0.29) is 24.1 Å². The minimum atomic E-state index is -0.532. The molecule has 1 aromatic heterocycles. The summed E-state index contributed by atoms with van der Waals surface area (Å²) in [5.41, 5.74) is 1.18. The number of carbonyl (C=O) groups excluding carboxylic acids is 2. The van der Waals surface area contributed by atoms with Crippen molar-refractivity contribution in [1.29, 1.82) is 0 Å². The van der Waals surface area contributed by atoms with E-state index in [4.69, 9.17) is 32.9 Å². The van der Waals surface area contributed by atoms with Gasteiger partial charge >= 0.3 is 5.97 Å². The summed E-state index contributed by atoms with van der Waals surface area (Å²) in [4.78, 5) is 39.1. The van der Waals surface area contributed by atoms with Crippen LogP contribution in [0.5, 0.6) is 0 Å². The number of unbranched alkanes of at least 4 members (excludes halogenated alkanes) is 1. The standard InChI is InChI=1S/C24H32Cl2N4O3/c1-4-7-9-16(5-2)23(31)30-11-8-10-29(12-13-30)22-21(24(32)33-6-3)27-19-14-17(25)18(26)15-20(19)28-22/h14-16H,4-13H2,1-3H3/t16-/m0/s1. The summed E-state index contributed by atoms with van der Waals surface area (Å²) in [5, 5.41) is 0.720. The zero-order valence-electron chi connectivity index (χ0n) is 19.6. The maximum Gasteiger partial charge on any atom is 0.360 e. The van der Waals surface area contributed by atoms with Crippen molar-refractivity contribution in [1.82, 2.24) is 14.9 Å². The van der Waals surface area contributed by atoms with Crippen LogP contribution in [0.4, 0.5) is 5.82 Å². The largest absolute Gasteiger partial charge is 0.461 e. The number of benzene rings is 1. The van der Waals surface area contributed by atoms with Gasteiger partial charge in [0.25, 0.3) is 0 Å². The second kappa shape index (κ2) is 11.8. The van der Waals surface area contributed by atoms with E-state index in [0.717, 1.165) is 32.1 Å². The molecule has 0 bridgehead atoms. The number of rotatable bonds is 8. The van der Waals surface area contributed by atoms with Crippen molar-refractivity contribution in [2.24, 2.45) is 5.92 Å². The number of carbonyl (C=O) groups is 2. The third-order valence-electron chi connectivity index (χ3n) is 6.01. The first-order chi connectivity index (χ1) is 15.9. The van der Waals surface area contributed by atoms with Gasteiger partial charge in [0, 0.05) is 32.1 Å². The Hall–Kier alpha value is -2.12. The average Bonchev–Trinajstić information content (AvgIpc) is 3.06. The smallest absolute Gasteiger partial charge is 0.360 e. The van der Waals surface area contributed by atoms with Crippen molar-refractivity contribution in [3.63, 3.8) is 0 Å². The lowest BCUT2D eigenvalue weighted by Gasteiger charge is -2.26. The highest BCUT2D eigenvalue weighted by Gasteiger charge is 2.28. The predicted octanol–water partition coefficient (Wildman–Crippen LogP) is 5.37. The van der Waals surface area contributed by atoms with Gasteiger partial charge in [0.2, 0.25) is 5.91 Å². The lowest BCUT2D eigenvalue weighted by molar-refractivity contribution is -0.135. The van der Waals surface area contributed by atoms with Crippen molar-refractivity contribution in [2.75, 3.05) is 37.7 Å². The van der Waals surface area contributed by atoms with Crippen LogP contribution in [0, 0.1) is 5.92 Å². The molecule has 33 heavy (non-hydrogen) atoms. The Kier molecular flexibility index (Phi) is 9.15. The molecule has 1 atom stereocenters. The predicted molar refractivity (Wildman–Crippen MR) is 132 cm³/mol. The maximum absolute atomic E-state index is 13.1. The SMILES string of the molecule is CCCC[C@H](CC)C(=O)N1CCCN(c2nc3cc(Cl)c(Cl)cc3nc2C(=O)OCC)CC1. The quantitative estimate of drug-likeness (QED) is 0.459. The molecule has 7 nitrogen and oxygen atoms in total. The highest BCUT2D eigenvalue weighted by Crippen LogP contribution is 2.29. The first-order valence-corrected chi connectivity index (χ1v) is 12.5. The molecule has 0 spiro atoms. The fraction of sp³-hybridized carbons (Fsp3) is 0.583. The zero-order valence-corrected chi connectivity index (χ0v) is 21.1. The molecule has 0 N–H and O–H groups in total. The summed E-state index contributed by atoms with van der Waals surface area (Å²) in [6.45, 7) is 8.69. The molecular weight excluding hydrogens is 463 g/mol. The summed E-state index contributed by atoms with van der Waals surface area (Å²) in [5.74, 6) is 0.214. The summed E-state index contributed by atoms with van der Waals surface area (Å²) >= 11 is 12.3. The van der Waals surface area contributed by atoms with Crippen LogP contribution in [0.1, 0.15) is 63.4 Å². The topological polar surface area (TPSA) is 75.6 Å². The molecule has 1 saturated heterocycles. The normalized spacial score (nSPS) is 15.4. The van der Waals surface area contributed by atoms with Crippen molar-refractivity contribution >= 4 is 51.9 Å². The Morgan fingerprint density at radius 2 is 1.73 bits per heavy atom. The Morgan fingerprint density at radius 3 is 2.36 bits per heavy atom. The minimum Gasteiger partial charge on any atom is -0.461 e. The van der Waals surface area contributed by atoms with Crippen molar-refractivity contribution in [3.05, 3.63) is 27.9 Å². The summed E-state index contributed by atoms with van der Waals surface area (Å²) in [6.07, 6.45) is 4.71. The second-order valence-electron chi connectivity index (χ2n) is 8.28. The highest BCUT2D eigenvalue weighted by molar-refractivity contribution is 6.42. The molecule has 3 rings (SSSR count). The third-order valence-corrected chi connectivity index (χ3v) is 6.73. The Balaban J connectivity index is 1.88. The van der Waals surface area contributed by atoms with E-state index >= 15 is 0 Å². The maximum atomic E-state index is 13.1. The van der Waals surface area contributed by atoms with Gasteiger partial charge in [0.05, 0.1) is 27.7 Å². The second-order valence-corrected chi connectivity index (χ2v) is 9.10. The van der Waals surface area contributed by atoms with E-state index in [1.807, 2.05) is 9.80 Å². The Bertz CT molecular complexity index is 1000. The summed E-state index contributed by atoms with van der Waals surface area (Å²) in [6, 6.07) is 3.25. The van der Waals surface area contributed by atoms with Crippen molar-refractivity contribution < 1.29 is 14.3 Å². The Morgan fingerprint density at radius 1 is 1.03 bits per heavy atom. The number of halogens is 2. The van der Waals surface area contributed by atoms with E-state index < -0.39 is 5.97 Å². The van der Waals surface area contributed by atoms with E-state index in [2.05, 4.69) is 18.8 Å². The lowest BCUT2D eigenvalue weighted by Crippen LogP contribution is -2.39. The number of fused-ring (bicyclic) bond motifs is 1. The lowest BCUT2D eigenvalue weighted by atomic mass is 9.97. The first-order valence-electron chi connectivity index (χ1n) is 11.8. The number of esters is 1. The van der Waals surface area contributed by atoms with E-state index in [1.165, 1.54) is 0 Å². The van der Waals surface area contributed by atoms with Crippen LogP contribution >= 0.6 is 23.2 Å². The molecule has 1 aliphatic heterocycles. The van der Waals surface area contributed by atoms with Crippen LogP contribution in [-0.4, -0.2) is 59.5 Å². The van der Waals surface area contributed by atoms with Crippen LogP contribution in [0.15, 0.2) is 12.1 Å². The van der Waals surface area contributed by atoms with Crippen LogP contribution in [-0.2, 0) is 9.53 Å². The van der Waals surface area contributed by atoms with Crippen LogP contribution in [0.2, 0.25) is 10.0 Å².